The van der Waals surface area contributed by atoms with E-state index < -0.39 is 5.82 Å². The first kappa shape index (κ1) is 18.9. The predicted octanol–water partition coefficient (Wildman–Crippen LogP) is 4.43. The van der Waals surface area contributed by atoms with Gasteiger partial charge in [-0.2, -0.15) is 0 Å². The van der Waals surface area contributed by atoms with Crippen LogP contribution in [0.15, 0.2) is 23.1 Å². The summed E-state index contributed by atoms with van der Waals surface area (Å²) in [5.41, 5.74) is 6.96. The Balaban J connectivity index is 1.82. The van der Waals surface area contributed by atoms with Crippen molar-refractivity contribution in [2.75, 3.05) is 0 Å². The molecule has 0 radical (unpaired) electrons. The van der Waals surface area contributed by atoms with Gasteiger partial charge in [0.15, 0.2) is 11.6 Å². The molecule has 1 atom stereocenters. The molecule has 2 aromatic rings. The van der Waals surface area contributed by atoms with Crippen LogP contribution in [0.25, 0.3) is 10.8 Å². The molecule has 3 rings (SSSR count). The Morgan fingerprint density at radius 1 is 1.35 bits per heavy atom. The fourth-order valence-electron chi connectivity index (χ4n) is 4.47. The lowest BCUT2D eigenvalue weighted by atomic mass is 9.66. The van der Waals surface area contributed by atoms with E-state index in [9.17, 15) is 9.18 Å². The van der Waals surface area contributed by atoms with Crippen LogP contribution < -0.4 is 16.0 Å². The molecule has 0 amide bonds. The molecule has 1 fully saturated rings. The highest BCUT2D eigenvalue weighted by Crippen LogP contribution is 2.44. The third kappa shape index (κ3) is 3.25. The summed E-state index contributed by atoms with van der Waals surface area (Å²) >= 11 is 0. The zero-order valence-electron chi connectivity index (χ0n) is 15.9. The number of aryl methyl sites for hydroxylation is 1. The Morgan fingerprint density at radius 3 is 2.65 bits per heavy atom. The van der Waals surface area contributed by atoms with Crippen molar-refractivity contribution in [3.05, 3.63) is 40.1 Å². The quantitative estimate of drug-likeness (QED) is 0.829. The monoisotopic (exact) mass is 360 g/mol. The van der Waals surface area contributed by atoms with Gasteiger partial charge in [0.2, 0.25) is 0 Å². The molecule has 4 nitrogen and oxygen atoms in total. The average Bonchev–Trinajstić information content (AvgIpc) is 2.66. The zero-order valence-corrected chi connectivity index (χ0v) is 15.9. The van der Waals surface area contributed by atoms with Crippen molar-refractivity contribution in [2.45, 2.75) is 71.4 Å². The van der Waals surface area contributed by atoms with Crippen molar-refractivity contribution in [2.24, 2.45) is 11.1 Å². The summed E-state index contributed by atoms with van der Waals surface area (Å²) in [4.78, 5) is 14.5. The molecule has 0 aliphatic heterocycles. The van der Waals surface area contributed by atoms with Gasteiger partial charge in [0.05, 0.1) is 11.5 Å². The van der Waals surface area contributed by atoms with Crippen molar-refractivity contribution in [1.29, 1.82) is 0 Å². The number of fused-ring (bicyclic) bond motifs is 1. The second-order valence-corrected chi connectivity index (χ2v) is 7.63. The largest absolute Gasteiger partial charge is 0.487 e. The summed E-state index contributed by atoms with van der Waals surface area (Å²) in [6.07, 6.45) is 7.41. The Morgan fingerprint density at radius 2 is 2.04 bits per heavy atom. The maximum Gasteiger partial charge on any atom is 0.255 e. The second kappa shape index (κ2) is 7.39. The van der Waals surface area contributed by atoms with E-state index in [1.807, 2.05) is 6.92 Å². The van der Waals surface area contributed by atoms with Crippen molar-refractivity contribution in [3.8, 4) is 5.75 Å². The number of hydrogen-bond acceptors (Lipinski definition) is 3. The molecule has 1 saturated carbocycles. The zero-order chi connectivity index (χ0) is 18.9. The molecule has 142 valence electrons. The lowest BCUT2D eigenvalue weighted by molar-refractivity contribution is 0.0545. The highest BCUT2D eigenvalue weighted by atomic mass is 19.1. The smallest absolute Gasteiger partial charge is 0.255 e. The number of halogens is 1. The number of nitrogens with one attached hydrogen (secondary N) is 1. The number of H-pyrrole nitrogens is 1. The SMILES string of the molecule is CC[C@@H](N)[C@]1(CC)CC[C@@H](Oc2c(F)cc3c(=O)[nH]ccc3c2C)CC1. The van der Waals surface area contributed by atoms with Gasteiger partial charge >= 0.3 is 0 Å². The van der Waals surface area contributed by atoms with Crippen molar-refractivity contribution in [3.63, 3.8) is 0 Å². The lowest BCUT2D eigenvalue weighted by Crippen LogP contribution is -2.45. The van der Waals surface area contributed by atoms with Crippen LogP contribution in [-0.2, 0) is 0 Å². The predicted molar refractivity (Wildman–Crippen MR) is 103 cm³/mol. The normalized spacial score (nSPS) is 24.6. The fourth-order valence-corrected chi connectivity index (χ4v) is 4.47. The van der Waals surface area contributed by atoms with Gasteiger partial charge in [0.1, 0.15) is 0 Å². The number of nitrogens with two attached hydrogens (primary N) is 1. The van der Waals surface area contributed by atoms with Gasteiger partial charge in [-0.3, -0.25) is 4.79 Å². The average molecular weight is 360 g/mol. The molecule has 0 spiro atoms. The first-order valence-electron chi connectivity index (χ1n) is 9.64. The highest BCUT2D eigenvalue weighted by Gasteiger charge is 2.38. The molecule has 1 aliphatic rings. The van der Waals surface area contributed by atoms with Gasteiger partial charge < -0.3 is 15.5 Å². The third-order valence-corrected chi connectivity index (χ3v) is 6.38. The van der Waals surface area contributed by atoms with Gasteiger partial charge in [-0.1, -0.05) is 13.8 Å². The van der Waals surface area contributed by atoms with Crippen LogP contribution in [0.3, 0.4) is 0 Å². The maximum absolute atomic E-state index is 14.6. The first-order valence-corrected chi connectivity index (χ1v) is 9.64. The lowest BCUT2D eigenvalue weighted by Gasteiger charge is -2.43. The van der Waals surface area contributed by atoms with Gasteiger partial charge in [0, 0.05) is 17.8 Å². The van der Waals surface area contributed by atoms with E-state index >= 15 is 0 Å². The molecular formula is C21H29FN2O2. The van der Waals surface area contributed by atoms with Crippen LogP contribution >= 0.6 is 0 Å². The van der Waals surface area contributed by atoms with Crippen LogP contribution in [0.5, 0.6) is 5.75 Å². The third-order valence-electron chi connectivity index (χ3n) is 6.38. The Hall–Kier alpha value is -1.88. The molecule has 1 aliphatic carbocycles. The number of aromatic amines is 1. The number of benzene rings is 1. The molecule has 0 unspecified atom stereocenters. The number of rotatable bonds is 5. The minimum atomic E-state index is -0.468. The number of aromatic nitrogens is 1. The molecule has 1 aromatic heterocycles. The van der Waals surface area contributed by atoms with E-state index in [1.165, 1.54) is 6.07 Å². The van der Waals surface area contributed by atoms with Gasteiger partial charge in [-0.15, -0.1) is 0 Å². The summed E-state index contributed by atoms with van der Waals surface area (Å²) in [6.45, 7) is 6.16. The van der Waals surface area contributed by atoms with Crippen molar-refractivity contribution in [1.82, 2.24) is 4.98 Å². The van der Waals surface area contributed by atoms with E-state index in [1.54, 1.807) is 12.3 Å². The van der Waals surface area contributed by atoms with E-state index in [2.05, 4.69) is 18.8 Å². The van der Waals surface area contributed by atoms with Crippen molar-refractivity contribution >= 4 is 10.8 Å². The van der Waals surface area contributed by atoms with Crippen molar-refractivity contribution < 1.29 is 9.13 Å². The molecule has 0 bridgehead atoms. The molecule has 5 heteroatoms. The molecule has 26 heavy (non-hydrogen) atoms. The molecule has 3 N–H and O–H groups in total. The number of pyridine rings is 1. The fraction of sp³-hybridized carbons (Fsp3) is 0.571. The Kier molecular flexibility index (Phi) is 5.37. The topological polar surface area (TPSA) is 68.1 Å². The summed E-state index contributed by atoms with van der Waals surface area (Å²) in [6, 6.07) is 3.28. The summed E-state index contributed by atoms with van der Waals surface area (Å²) < 4.78 is 20.7. The first-order chi connectivity index (χ1) is 12.4. The van der Waals surface area contributed by atoms with Gasteiger partial charge in [-0.05, 0) is 68.4 Å². The Bertz CT molecular complexity index is 838. The van der Waals surface area contributed by atoms with Crippen LogP contribution in [0.4, 0.5) is 4.39 Å². The van der Waals surface area contributed by atoms with E-state index in [-0.39, 0.29) is 28.9 Å². The highest BCUT2D eigenvalue weighted by molar-refractivity contribution is 5.86. The molecule has 1 heterocycles. The Labute approximate surface area is 153 Å². The van der Waals surface area contributed by atoms with Crippen LogP contribution in [0, 0.1) is 18.2 Å². The van der Waals surface area contributed by atoms with E-state index in [0.717, 1.165) is 43.9 Å². The summed E-state index contributed by atoms with van der Waals surface area (Å²) in [7, 11) is 0. The minimum Gasteiger partial charge on any atom is -0.487 e. The molecule has 0 saturated heterocycles. The maximum atomic E-state index is 14.6. The molecular weight excluding hydrogens is 331 g/mol. The van der Waals surface area contributed by atoms with Crippen LogP contribution in [-0.4, -0.2) is 17.1 Å². The minimum absolute atomic E-state index is 0.00798. The number of hydrogen-bond donors (Lipinski definition) is 2. The van der Waals surface area contributed by atoms with Crippen LogP contribution in [0.1, 0.15) is 57.9 Å². The van der Waals surface area contributed by atoms with Gasteiger partial charge in [0.25, 0.3) is 5.56 Å². The second-order valence-electron chi connectivity index (χ2n) is 7.63. The number of ether oxygens (including phenoxy) is 1. The summed E-state index contributed by atoms with van der Waals surface area (Å²) in [5.74, 6) is -0.193. The van der Waals surface area contributed by atoms with E-state index in [4.69, 9.17) is 10.5 Å². The van der Waals surface area contributed by atoms with Gasteiger partial charge in [-0.25, -0.2) is 4.39 Å². The summed E-state index contributed by atoms with van der Waals surface area (Å²) in [5, 5.41) is 1.09. The standard InChI is InChI=1S/C21H29FN2O2/c1-4-18(23)21(5-2)9-6-14(7-10-21)26-19-13(3)15-8-11-24-20(25)16(15)12-17(19)22/h8,11-12,14,18H,4-7,9-10,23H2,1-3H3,(H,24,25)/t14-,18-,21-/m1/s1. The van der Waals surface area contributed by atoms with E-state index in [0.29, 0.717) is 10.9 Å². The molecule has 1 aromatic carbocycles. The van der Waals surface area contributed by atoms with Crippen LogP contribution in [0.2, 0.25) is 0 Å².